The number of aliphatic hydroxyl groups excluding tert-OH is 1. The summed E-state index contributed by atoms with van der Waals surface area (Å²) in [4.78, 5) is 26.3. The first kappa shape index (κ1) is 17.2. The molecule has 2 amide bonds. The Kier molecular flexibility index (Phi) is 6.92. The Morgan fingerprint density at radius 1 is 1.48 bits per heavy atom. The second kappa shape index (κ2) is 8.45. The third-order valence-electron chi connectivity index (χ3n) is 2.83. The SMILES string of the molecule is CCCCN(CC(N)=O)C(=O)c1cc(C)c(C#CCO)s1. The number of aliphatic hydroxyl groups is 1. The van der Waals surface area contributed by atoms with Crippen molar-refractivity contribution in [2.45, 2.75) is 26.7 Å². The molecule has 0 aliphatic heterocycles. The number of nitrogens with two attached hydrogens (primary N) is 1. The molecule has 1 heterocycles. The molecule has 0 saturated carbocycles. The van der Waals surface area contributed by atoms with Crippen molar-refractivity contribution < 1.29 is 14.7 Å². The lowest BCUT2D eigenvalue weighted by atomic mass is 10.2. The smallest absolute Gasteiger partial charge is 0.264 e. The van der Waals surface area contributed by atoms with E-state index in [0.29, 0.717) is 11.4 Å². The fraction of sp³-hybridized carbons (Fsp3) is 0.467. The summed E-state index contributed by atoms with van der Waals surface area (Å²) in [5.74, 6) is 4.67. The number of carbonyl (C=O) groups is 2. The summed E-state index contributed by atoms with van der Waals surface area (Å²) in [7, 11) is 0. The van der Waals surface area contributed by atoms with E-state index in [4.69, 9.17) is 10.8 Å². The highest BCUT2D eigenvalue weighted by Crippen LogP contribution is 2.22. The van der Waals surface area contributed by atoms with Crippen LogP contribution in [0.15, 0.2) is 6.07 Å². The van der Waals surface area contributed by atoms with Crippen LogP contribution in [0.2, 0.25) is 0 Å². The van der Waals surface area contributed by atoms with E-state index in [0.717, 1.165) is 23.3 Å². The van der Waals surface area contributed by atoms with Gasteiger partial charge in [-0.2, -0.15) is 0 Å². The van der Waals surface area contributed by atoms with Gasteiger partial charge in [-0.15, -0.1) is 11.3 Å². The molecule has 0 bridgehead atoms. The number of unbranched alkanes of at least 4 members (excludes halogenated alkanes) is 1. The molecular weight excluding hydrogens is 288 g/mol. The van der Waals surface area contributed by atoms with Gasteiger partial charge in [-0.25, -0.2) is 0 Å². The van der Waals surface area contributed by atoms with Gasteiger partial charge in [0, 0.05) is 6.54 Å². The van der Waals surface area contributed by atoms with E-state index in [2.05, 4.69) is 11.8 Å². The molecule has 0 saturated heterocycles. The lowest BCUT2D eigenvalue weighted by molar-refractivity contribution is -0.118. The van der Waals surface area contributed by atoms with Crippen LogP contribution in [0, 0.1) is 18.8 Å². The van der Waals surface area contributed by atoms with E-state index in [1.54, 1.807) is 6.07 Å². The molecule has 0 radical (unpaired) electrons. The first-order valence-corrected chi connectivity index (χ1v) is 7.59. The van der Waals surface area contributed by atoms with Crippen molar-refractivity contribution in [2.24, 2.45) is 5.73 Å². The molecule has 0 atom stereocenters. The van der Waals surface area contributed by atoms with Crippen LogP contribution in [0.25, 0.3) is 0 Å². The normalized spacial score (nSPS) is 9.86. The van der Waals surface area contributed by atoms with Crippen LogP contribution in [-0.4, -0.2) is 41.5 Å². The molecule has 0 aliphatic rings. The first-order valence-electron chi connectivity index (χ1n) is 6.77. The standard InChI is InChI=1S/C15H20N2O3S/c1-3-4-7-17(10-14(16)19)15(20)13-9-11(2)12(21-13)6-5-8-18/h9,18H,3-4,7-8,10H2,1-2H3,(H2,16,19). The zero-order valence-corrected chi connectivity index (χ0v) is 13.1. The van der Waals surface area contributed by atoms with Crippen molar-refractivity contribution in [2.75, 3.05) is 19.7 Å². The minimum absolute atomic E-state index is 0.0760. The number of hydrogen-bond donors (Lipinski definition) is 2. The molecule has 21 heavy (non-hydrogen) atoms. The Hall–Kier alpha value is -1.84. The van der Waals surface area contributed by atoms with Crippen LogP contribution in [0.4, 0.5) is 0 Å². The summed E-state index contributed by atoms with van der Waals surface area (Å²) in [5, 5.41) is 8.72. The number of nitrogens with zero attached hydrogens (tertiary/aromatic N) is 1. The van der Waals surface area contributed by atoms with Gasteiger partial charge in [0.2, 0.25) is 5.91 Å². The van der Waals surface area contributed by atoms with Crippen molar-refractivity contribution in [3.05, 3.63) is 21.4 Å². The maximum atomic E-state index is 12.5. The van der Waals surface area contributed by atoms with Gasteiger partial charge in [0.25, 0.3) is 5.91 Å². The molecule has 3 N–H and O–H groups in total. The van der Waals surface area contributed by atoms with Gasteiger partial charge in [0.15, 0.2) is 0 Å². The average Bonchev–Trinajstić information content (AvgIpc) is 2.81. The van der Waals surface area contributed by atoms with Gasteiger partial charge < -0.3 is 15.7 Å². The fourth-order valence-electron chi connectivity index (χ4n) is 1.78. The quantitative estimate of drug-likeness (QED) is 0.773. The lowest BCUT2D eigenvalue weighted by Gasteiger charge is -2.20. The van der Waals surface area contributed by atoms with E-state index >= 15 is 0 Å². The zero-order valence-electron chi connectivity index (χ0n) is 12.3. The second-order valence-electron chi connectivity index (χ2n) is 4.63. The molecule has 6 heteroatoms. The zero-order chi connectivity index (χ0) is 15.8. The van der Waals surface area contributed by atoms with Crippen LogP contribution in [0.3, 0.4) is 0 Å². The number of primary amides is 1. The molecular formula is C15H20N2O3S. The van der Waals surface area contributed by atoms with Gasteiger partial charge in [0.05, 0.1) is 16.3 Å². The predicted octanol–water partition coefficient (Wildman–Crippen LogP) is 1.13. The summed E-state index contributed by atoms with van der Waals surface area (Å²) in [6.45, 7) is 4.09. The second-order valence-corrected chi connectivity index (χ2v) is 5.68. The van der Waals surface area contributed by atoms with Crippen molar-refractivity contribution in [3.8, 4) is 11.8 Å². The topological polar surface area (TPSA) is 83.6 Å². The summed E-state index contributed by atoms with van der Waals surface area (Å²) in [6.07, 6.45) is 1.75. The fourth-order valence-corrected chi connectivity index (χ4v) is 2.79. The van der Waals surface area contributed by atoms with E-state index in [1.165, 1.54) is 16.2 Å². The van der Waals surface area contributed by atoms with Crippen molar-refractivity contribution in [1.29, 1.82) is 0 Å². The summed E-state index contributed by atoms with van der Waals surface area (Å²) in [6, 6.07) is 1.76. The highest BCUT2D eigenvalue weighted by molar-refractivity contribution is 7.14. The molecule has 1 aromatic heterocycles. The molecule has 0 unspecified atom stereocenters. The number of rotatable bonds is 6. The largest absolute Gasteiger partial charge is 0.384 e. The number of amides is 2. The van der Waals surface area contributed by atoms with Gasteiger partial charge in [-0.05, 0) is 25.0 Å². The number of thiophene rings is 1. The van der Waals surface area contributed by atoms with Crippen LogP contribution >= 0.6 is 11.3 Å². The molecule has 0 aromatic carbocycles. The Bertz CT molecular complexity index is 569. The Morgan fingerprint density at radius 2 is 2.19 bits per heavy atom. The van der Waals surface area contributed by atoms with Gasteiger partial charge in [-0.1, -0.05) is 25.2 Å². The third kappa shape index (κ3) is 5.21. The maximum absolute atomic E-state index is 12.5. The van der Waals surface area contributed by atoms with Crippen molar-refractivity contribution in [3.63, 3.8) is 0 Å². The lowest BCUT2D eigenvalue weighted by Crippen LogP contribution is -2.38. The molecule has 1 aromatic rings. The molecule has 0 spiro atoms. The minimum Gasteiger partial charge on any atom is -0.384 e. The van der Waals surface area contributed by atoms with E-state index in [9.17, 15) is 9.59 Å². The molecule has 0 fully saturated rings. The number of aryl methyl sites for hydroxylation is 1. The van der Waals surface area contributed by atoms with Crippen molar-refractivity contribution in [1.82, 2.24) is 4.90 Å². The van der Waals surface area contributed by atoms with E-state index in [1.807, 2.05) is 13.8 Å². The molecule has 114 valence electrons. The van der Waals surface area contributed by atoms with Crippen LogP contribution in [0.5, 0.6) is 0 Å². The van der Waals surface area contributed by atoms with E-state index in [-0.39, 0.29) is 19.1 Å². The molecule has 5 nitrogen and oxygen atoms in total. The summed E-state index contributed by atoms with van der Waals surface area (Å²) in [5.41, 5.74) is 6.09. The molecule has 1 rings (SSSR count). The van der Waals surface area contributed by atoms with Crippen LogP contribution in [-0.2, 0) is 4.79 Å². The summed E-state index contributed by atoms with van der Waals surface area (Å²) >= 11 is 1.27. The van der Waals surface area contributed by atoms with E-state index < -0.39 is 5.91 Å². The average molecular weight is 308 g/mol. The highest BCUT2D eigenvalue weighted by atomic mass is 32.1. The predicted molar refractivity (Wildman–Crippen MR) is 83.0 cm³/mol. The van der Waals surface area contributed by atoms with Gasteiger partial charge in [0.1, 0.15) is 6.61 Å². The van der Waals surface area contributed by atoms with Crippen LogP contribution < -0.4 is 5.73 Å². The third-order valence-corrected chi connectivity index (χ3v) is 3.97. The molecule has 0 aliphatic carbocycles. The Morgan fingerprint density at radius 3 is 2.76 bits per heavy atom. The first-order chi connectivity index (χ1) is 9.99. The van der Waals surface area contributed by atoms with Gasteiger partial charge in [-0.3, -0.25) is 9.59 Å². The number of carbonyl (C=O) groups excluding carboxylic acids is 2. The van der Waals surface area contributed by atoms with Crippen molar-refractivity contribution >= 4 is 23.2 Å². The van der Waals surface area contributed by atoms with Gasteiger partial charge >= 0.3 is 0 Å². The van der Waals surface area contributed by atoms with Crippen LogP contribution in [0.1, 0.15) is 39.9 Å². The highest BCUT2D eigenvalue weighted by Gasteiger charge is 2.20. The monoisotopic (exact) mass is 308 g/mol. The Labute approximate surface area is 128 Å². The minimum atomic E-state index is -0.520. The maximum Gasteiger partial charge on any atom is 0.264 e. The Balaban J connectivity index is 2.94. The summed E-state index contributed by atoms with van der Waals surface area (Å²) < 4.78 is 0. The number of hydrogen-bond acceptors (Lipinski definition) is 4.